The van der Waals surface area contributed by atoms with E-state index in [1.807, 2.05) is 20.8 Å². The zero-order valence-corrected chi connectivity index (χ0v) is 21.5. The molecule has 6 unspecified atom stereocenters. The lowest BCUT2D eigenvalue weighted by Gasteiger charge is -2.53. The molecule has 1 aromatic carbocycles. The van der Waals surface area contributed by atoms with Crippen LogP contribution < -0.4 is 11.5 Å². The Kier molecular flexibility index (Phi) is 5.79. The van der Waals surface area contributed by atoms with Crippen molar-refractivity contribution >= 4 is 23.2 Å². The minimum atomic E-state index is -2.95. The Morgan fingerprint density at radius 1 is 1.14 bits per heavy atom. The number of fused-ring (bicyclic) bond motifs is 3. The summed E-state index contributed by atoms with van der Waals surface area (Å²) >= 11 is 0. The second-order valence-corrected chi connectivity index (χ2v) is 11.5. The molecule has 0 fully saturated rings. The summed E-state index contributed by atoms with van der Waals surface area (Å²) in [6.45, 7) is 7.08. The smallest absolute Gasteiger partial charge is 0.255 e. The van der Waals surface area contributed by atoms with Gasteiger partial charge in [-0.1, -0.05) is 27.7 Å². The van der Waals surface area contributed by atoms with Crippen LogP contribution in [0.25, 0.3) is 0 Å². The van der Waals surface area contributed by atoms with Crippen molar-refractivity contribution in [1.29, 1.82) is 0 Å². The molecule has 0 spiro atoms. The number of aliphatic hydroxyl groups excluding tert-OH is 3. The van der Waals surface area contributed by atoms with Gasteiger partial charge in [-0.3, -0.25) is 19.3 Å². The molecule has 9 N–H and O–H groups in total. The number of phenols is 1. The van der Waals surface area contributed by atoms with Crippen LogP contribution in [-0.4, -0.2) is 79.7 Å². The van der Waals surface area contributed by atoms with Gasteiger partial charge in [-0.2, -0.15) is 0 Å². The standard InChI is InChI=1S/C26H33N3O8/c1-8-11-10(27)7-9(25(2,3)4)18(30)13(11)19(31)14-12(8)20(32)16-17(29(5)6)21(33)15(24(28)36)23(35)26(16,37)22(14)34/h7-8,12,16-17,20,30,32-34,37H,27H2,1-6H3,(H2,28,36). The number of anilines is 1. The number of benzene rings is 1. The lowest BCUT2D eigenvalue weighted by Crippen LogP contribution is -2.68. The molecule has 4 rings (SSSR count). The minimum Gasteiger partial charge on any atom is -0.510 e. The second kappa shape index (κ2) is 8.04. The molecule has 200 valence electrons. The lowest BCUT2D eigenvalue weighted by atomic mass is 9.55. The predicted molar refractivity (Wildman–Crippen MR) is 133 cm³/mol. The Balaban J connectivity index is 2.08. The highest BCUT2D eigenvalue weighted by Crippen LogP contribution is 2.57. The number of Topliss-reactive ketones (excluding diaryl/α,β-unsaturated/α-hetero) is 2. The molecular formula is C26H33N3O8. The number of rotatable bonds is 2. The van der Waals surface area contributed by atoms with Crippen LogP contribution in [0.15, 0.2) is 28.7 Å². The van der Waals surface area contributed by atoms with Crippen molar-refractivity contribution < 1.29 is 39.9 Å². The number of hydrogen-bond acceptors (Lipinski definition) is 10. The zero-order chi connectivity index (χ0) is 28.1. The number of nitrogen functional groups attached to an aromatic ring is 1. The largest absolute Gasteiger partial charge is 0.510 e. The molecule has 0 bridgehead atoms. The maximum Gasteiger partial charge on any atom is 0.255 e. The van der Waals surface area contributed by atoms with Gasteiger partial charge in [0.05, 0.1) is 23.6 Å². The summed E-state index contributed by atoms with van der Waals surface area (Å²) in [7, 11) is 2.96. The van der Waals surface area contributed by atoms with E-state index >= 15 is 0 Å². The molecule has 0 heterocycles. The molecule has 6 atom stereocenters. The number of phenolic OH excluding ortho intramolecular Hbond substituents is 1. The molecule has 37 heavy (non-hydrogen) atoms. The Hall–Kier alpha value is -3.41. The monoisotopic (exact) mass is 515 g/mol. The molecule has 0 aliphatic heterocycles. The van der Waals surface area contributed by atoms with Gasteiger partial charge in [0, 0.05) is 22.7 Å². The Morgan fingerprint density at radius 2 is 1.70 bits per heavy atom. The van der Waals surface area contributed by atoms with Gasteiger partial charge >= 0.3 is 0 Å². The van der Waals surface area contributed by atoms with E-state index in [2.05, 4.69) is 0 Å². The van der Waals surface area contributed by atoms with Crippen molar-refractivity contribution in [2.24, 2.45) is 17.6 Å². The van der Waals surface area contributed by atoms with Crippen molar-refractivity contribution in [3.05, 3.63) is 45.4 Å². The molecule has 3 aliphatic carbocycles. The van der Waals surface area contributed by atoms with E-state index in [1.54, 1.807) is 13.0 Å². The molecule has 0 saturated carbocycles. The average Bonchev–Trinajstić information content (AvgIpc) is 2.76. The number of aromatic hydroxyl groups is 1. The molecule has 1 aromatic rings. The topological polar surface area (TPSA) is 208 Å². The average molecular weight is 516 g/mol. The van der Waals surface area contributed by atoms with Crippen molar-refractivity contribution in [2.45, 2.75) is 56.8 Å². The van der Waals surface area contributed by atoms with Gasteiger partial charge in [0.15, 0.2) is 11.4 Å². The van der Waals surface area contributed by atoms with Gasteiger partial charge in [0.2, 0.25) is 5.78 Å². The molecule has 11 heteroatoms. The van der Waals surface area contributed by atoms with Gasteiger partial charge in [-0.05, 0) is 37.1 Å². The Bertz CT molecular complexity index is 1320. The number of likely N-dealkylation sites (N-methyl/N-ethyl adjacent to an activating group) is 1. The first-order valence-corrected chi connectivity index (χ1v) is 11.9. The van der Waals surface area contributed by atoms with Gasteiger partial charge in [-0.15, -0.1) is 0 Å². The third kappa shape index (κ3) is 3.27. The second-order valence-electron chi connectivity index (χ2n) is 11.5. The van der Waals surface area contributed by atoms with Crippen LogP contribution in [0, 0.1) is 11.8 Å². The Morgan fingerprint density at radius 3 is 2.19 bits per heavy atom. The third-order valence-electron chi connectivity index (χ3n) is 8.07. The van der Waals surface area contributed by atoms with E-state index < -0.39 is 81.1 Å². The summed E-state index contributed by atoms with van der Waals surface area (Å²) in [5.41, 5.74) is 7.37. The highest BCUT2D eigenvalue weighted by molar-refractivity contribution is 6.25. The number of ketones is 2. The van der Waals surface area contributed by atoms with Crippen LogP contribution in [0.5, 0.6) is 5.75 Å². The summed E-state index contributed by atoms with van der Waals surface area (Å²) in [4.78, 5) is 40.8. The molecule has 1 amide bonds. The van der Waals surface area contributed by atoms with Gasteiger partial charge in [0.1, 0.15) is 22.8 Å². The molecule has 0 saturated heterocycles. The number of carbonyl (C=O) groups is 3. The fourth-order valence-corrected chi connectivity index (χ4v) is 6.38. The van der Waals surface area contributed by atoms with E-state index in [1.165, 1.54) is 19.0 Å². The summed E-state index contributed by atoms with van der Waals surface area (Å²) in [5, 5.41) is 56.8. The number of primary amides is 1. The summed E-state index contributed by atoms with van der Waals surface area (Å²) in [5.74, 6) is -9.35. The van der Waals surface area contributed by atoms with E-state index in [0.29, 0.717) is 5.56 Å². The number of nitrogens with two attached hydrogens (primary N) is 2. The number of nitrogens with zero attached hydrogens (tertiary/aromatic N) is 1. The van der Waals surface area contributed by atoms with Crippen LogP contribution >= 0.6 is 0 Å². The summed E-state index contributed by atoms with van der Waals surface area (Å²) in [6, 6.07) is 0.250. The fourth-order valence-electron chi connectivity index (χ4n) is 6.38. The number of hydrogen-bond donors (Lipinski definition) is 7. The van der Waals surface area contributed by atoms with Crippen LogP contribution in [0.3, 0.4) is 0 Å². The first-order chi connectivity index (χ1) is 16.9. The SMILES string of the molecule is CC1c2c(N)cc(C(C)(C)C)c(O)c2C(=O)C2=C(O)C3(O)C(=O)C(C(N)=O)=C(O)C(N(C)C)C3C(O)C21. The predicted octanol–water partition coefficient (Wildman–Crippen LogP) is 0.532. The van der Waals surface area contributed by atoms with Gasteiger partial charge in [-0.25, -0.2) is 0 Å². The molecule has 0 aromatic heterocycles. The highest BCUT2D eigenvalue weighted by Gasteiger charge is 2.67. The van der Waals surface area contributed by atoms with Crippen LogP contribution in [0.4, 0.5) is 5.69 Å². The Labute approximate surface area is 213 Å². The number of amides is 1. The van der Waals surface area contributed by atoms with Crippen molar-refractivity contribution in [3.8, 4) is 5.75 Å². The summed E-state index contributed by atoms with van der Waals surface area (Å²) < 4.78 is 0. The highest BCUT2D eigenvalue weighted by atomic mass is 16.4. The lowest BCUT2D eigenvalue weighted by molar-refractivity contribution is -0.162. The zero-order valence-electron chi connectivity index (χ0n) is 21.5. The van der Waals surface area contributed by atoms with E-state index in [9.17, 15) is 39.9 Å². The van der Waals surface area contributed by atoms with Crippen LogP contribution in [-0.2, 0) is 15.0 Å². The van der Waals surface area contributed by atoms with Crippen molar-refractivity contribution in [2.75, 3.05) is 19.8 Å². The number of aliphatic hydroxyl groups is 4. The van der Waals surface area contributed by atoms with E-state index in [-0.39, 0.29) is 22.6 Å². The maximum atomic E-state index is 13.9. The normalized spacial score (nSPS) is 31.9. The van der Waals surface area contributed by atoms with Gasteiger partial charge in [0.25, 0.3) is 5.91 Å². The fraction of sp³-hybridized carbons (Fsp3) is 0.500. The quantitative estimate of drug-likeness (QED) is 0.165. The van der Waals surface area contributed by atoms with Gasteiger partial charge < -0.3 is 37.0 Å². The van der Waals surface area contributed by atoms with E-state index in [4.69, 9.17) is 11.5 Å². The van der Waals surface area contributed by atoms with Crippen molar-refractivity contribution in [3.63, 3.8) is 0 Å². The first kappa shape index (κ1) is 26.6. The molecule has 3 aliphatic rings. The van der Waals surface area contributed by atoms with Crippen LogP contribution in [0.2, 0.25) is 0 Å². The maximum absolute atomic E-state index is 13.9. The minimum absolute atomic E-state index is 0.189. The van der Waals surface area contributed by atoms with E-state index in [0.717, 1.165) is 0 Å². The van der Waals surface area contributed by atoms with Crippen molar-refractivity contribution in [1.82, 2.24) is 4.90 Å². The molecule has 0 radical (unpaired) electrons. The molecular weight excluding hydrogens is 482 g/mol. The third-order valence-corrected chi connectivity index (χ3v) is 8.07. The number of carbonyl (C=O) groups excluding carboxylic acids is 3. The summed E-state index contributed by atoms with van der Waals surface area (Å²) in [6.07, 6.45) is -1.67. The van der Waals surface area contributed by atoms with Crippen LogP contribution in [0.1, 0.15) is 55.1 Å². The first-order valence-electron chi connectivity index (χ1n) is 11.9. The molecule has 11 nitrogen and oxygen atoms in total.